The highest BCUT2D eigenvalue weighted by atomic mass is 32.1. The SMILES string of the molecule is C=C/C(=C\C(=C/C)c1cnc2n[nH]c(-c3cc4c(-c5cccs5)cncc4[nH]3)c2c1)NC(C)C. The molecule has 0 bridgehead atoms. The molecular formula is C27H26N6S. The third-order valence-corrected chi connectivity index (χ3v) is 6.54. The van der Waals surface area contributed by atoms with Gasteiger partial charge in [0.1, 0.15) is 0 Å². The zero-order chi connectivity index (χ0) is 23.7. The van der Waals surface area contributed by atoms with Gasteiger partial charge in [-0.1, -0.05) is 18.7 Å². The highest BCUT2D eigenvalue weighted by molar-refractivity contribution is 7.13. The summed E-state index contributed by atoms with van der Waals surface area (Å²) in [6.45, 7) is 10.2. The molecule has 0 saturated heterocycles. The van der Waals surface area contributed by atoms with E-state index in [1.165, 1.54) is 4.88 Å². The largest absolute Gasteiger partial charge is 0.383 e. The van der Waals surface area contributed by atoms with Crippen LogP contribution in [0.2, 0.25) is 0 Å². The second-order valence-electron chi connectivity index (χ2n) is 8.35. The van der Waals surface area contributed by atoms with E-state index in [4.69, 9.17) is 0 Å². The minimum atomic E-state index is 0.319. The fourth-order valence-corrected chi connectivity index (χ4v) is 4.82. The summed E-state index contributed by atoms with van der Waals surface area (Å²) in [5.41, 5.74) is 7.69. The van der Waals surface area contributed by atoms with Crippen LogP contribution in [0.5, 0.6) is 0 Å². The molecule has 7 heteroatoms. The number of rotatable bonds is 7. The molecular weight excluding hydrogens is 440 g/mol. The van der Waals surface area contributed by atoms with Gasteiger partial charge in [-0.05, 0) is 62.1 Å². The van der Waals surface area contributed by atoms with Gasteiger partial charge in [-0.15, -0.1) is 11.3 Å². The van der Waals surface area contributed by atoms with Gasteiger partial charge in [0.15, 0.2) is 5.65 Å². The smallest absolute Gasteiger partial charge is 0.181 e. The van der Waals surface area contributed by atoms with Crippen molar-refractivity contribution in [2.45, 2.75) is 26.8 Å². The zero-order valence-corrected chi connectivity index (χ0v) is 20.2. The van der Waals surface area contributed by atoms with Crippen LogP contribution < -0.4 is 5.32 Å². The number of fused-ring (bicyclic) bond motifs is 2. The van der Waals surface area contributed by atoms with Gasteiger partial charge in [0.05, 0.1) is 23.1 Å². The number of hydrogen-bond acceptors (Lipinski definition) is 5. The fourth-order valence-electron chi connectivity index (χ4n) is 4.07. The summed E-state index contributed by atoms with van der Waals surface area (Å²) in [4.78, 5) is 13.8. The molecule has 5 rings (SSSR count). The minimum absolute atomic E-state index is 0.319. The lowest BCUT2D eigenvalue weighted by Gasteiger charge is -2.12. The Labute approximate surface area is 202 Å². The number of aromatic amines is 2. The molecule has 0 unspecified atom stereocenters. The molecule has 6 nitrogen and oxygen atoms in total. The van der Waals surface area contributed by atoms with Gasteiger partial charge in [-0.25, -0.2) is 4.98 Å². The van der Waals surface area contributed by atoms with Gasteiger partial charge in [0.25, 0.3) is 0 Å². The summed E-state index contributed by atoms with van der Waals surface area (Å²) >= 11 is 1.71. The third-order valence-electron chi connectivity index (χ3n) is 5.64. The van der Waals surface area contributed by atoms with Crippen LogP contribution in [-0.2, 0) is 0 Å². The summed E-state index contributed by atoms with van der Waals surface area (Å²) in [6, 6.07) is 8.79. The molecule has 5 heterocycles. The van der Waals surface area contributed by atoms with Crippen molar-refractivity contribution in [1.29, 1.82) is 0 Å². The lowest BCUT2D eigenvalue weighted by molar-refractivity contribution is 0.682. The Morgan fingerprint density at radius 2 is 2.06 bits per heavy atom. The molecule has 0 aromatic carbocycles. The minimum Gasteiger partial charge on any atom is -0.383 e. The Kier molecular flexibility index (Phi) is 5.86. The molecule has 3 N–H and O–H groups in total. The molecule has 0 radical (unpaired) electrons. The standard InChI is InChI=1S/C27H26N6S/c1-5-17(10-19(6-2)30-16(3)4)18-11-21-26(32-33-27(21)29-13-18)23-12-20-22(25-8-7-9-34-25)14-28-15-24(20)31-23/h5-16,30-31H,2H2,1,3-4H3,(H,29,32,33)/b17-5+,19-10+. The van der Waals surface area contributed by atoms with E-state index in [0.29, 0.717) is 11.7 Å². The quantitative estimate of drug-likeness (QED) is 0.233. The fraction of sp³-hybridized carbons (Fsp3) is 0.148. The van der Waals surface area contributed by atoms with Crippen LogP contribution in [0.3, 0.4) is 0 Å². The van der Waals surface area contributed by atoms with E-state index in [0.717, 1.165) is 50.1 Å². The van der Waals surface area contributed by atoms with Crippen molar-refractivity contribution in [2.24, 2.45) is 0 Å². The lowest BCUT2D eigenvalue weighted by atomic mass is 10.0. The van der Waals surface area contributed by atoms with Crippen LogP contribution in [-0.4, -0.2) is 31.2 Å². The number of allylic oxidation sites excluding steroid dienone is 4. The highest BCUT2D eigenvalue weighted by Crippen LogP contribution is 2.35. The second-order valence-corrected chi connectivity index (χ2v) is 9.30. The number of pyridine rings is 2. The Balaban J connectivity index is 1.59. The van der Waals surface area contributed by atoms with E-state index in [2.05, 4.69) is 92.7 Å². The third kappa shape index (κ3) is 4.06. The van der Waals surface area contributed by atoms with E-state index in [1.54, 1.807) is 11.3 Å². The van der Waals surface area contributed by atoms with Crippen LogP contribution in [0.1, 0.15) is 26.3 Å². The van der Waals surface area contributed by atoms with Crippen molar-refractivity contribution < 1.29 is 0 Å². The number of nitrogens with zero attached hydrogens (tertiary/aromatic N) is 3. The van der Waals surface area contributed by atoms with E-state index in [-0.39, 0.29) is 0 Å². The lowest BCUT2D eigenvalue weighted by Crippen LogP contribution is -2.20. The Hall–Kier alpha value is -3.97. The first kappa shape index (κ1) is 21.9. The highest BCUT2D eigenvalue weighted by Gasteiger charge is 2.15. The molecule has 0 aliphatic rings. The van der Waals surface area contributed by atoms with Crippen LogP contribution in [0.15, 0.2) is 78.7 Å². The first-order valence-electron chi connectivity index (χ1n) is 11.2. The predicted molar refractivity (Wildman–Crippen MR) is 142 cm³/mol. The topological polar surface area (TPSA) is 82.3 Å². The summed E-state index contributed by atoms with van der Waals surface area (Å²) in [5.74, 6) is 0. The summed E-state index contributed by atoms with van der Waals surface area (Å²) in [7, 11) is 0. The zero-order valence-electron chi connectivity index (χ0n) is 19.4. The van der Waals surface area contributed by atoms with Gasteiger partial charge < -0.3 is 10.3 Å². The van der Waals surface area contributed by atoms with Crippen LogP contribution in [0.25, 0.3) is 49.3 Å². The maximum absolute atomic E-state index is 4.62. The first-order valence-corrected chi connectivity index (χ1v) is 12.1. The molecule has 5 aromatic heterocycles. The molecule has 0 fully saturated rings. The van der Waals surface area contributed by atoms with Crippen molar-refractivity contribution in [3.8, 4) is 21.8 Å². The van der Waals surface area contributed by atoms with E-state index in [9.17, 15) is 0 Å². The van der Waals surface area contributed by atoms with Gasteiger partial charge in [-0.3, -0.25) is 10.1 Å². The average molecular weight is 467 g/mol. The Bertz CT molecular complexity index is 1530. The van der Waals surface area contributed by atoms with Crippen LogP contribution >= 0.6 is 11.3 Å². The van der Waals surface area contributed by atoms with Crippen LogP contribution in [0.4, 0.5) is 0 Å². The van der Waals surface area contributed by atoms with Gasteiger partial charge in [0, 0.05) is 50.9 Å². The van der Waals surface area contributed by atoms with Crippen molar-refractivity contribution in [2.75, 3.05) is 0 Å². The maximum Gasteiger partial charge on any atom is 0.181 e. The summed E-state index contributed by atoms with van der Waals surface area (Å²) in [5, 5.41) is 15.2. The van der Waals surface area contributed by atoms with Crippen molar-refractivity contribution in [1.82, 2.24) is 30.5 Å². The normalized spacial score (nSPS) is 12.7. The van der Waals surface area contributed by atoms with Crippen molar-refractivity contribution >= 4 is 38.8 Å². The molecule has 0 saturated carbocycles. The maximum atomic E-state index is 4.62. The van der Waals surface area contributed by atoms with E-state index < -0.39 is 0 Å². The average Bonchev–Trinajstić information content (AvgIpc) is 3.59. The van der Waals surface area contributed by atoms with Gasteiger partial charge in [-0.2, -0.15) is 5.10 Å². The van der Waals surface area contributed by atoms with Gasteiger partial charge in [0.2, 0.25) is 0 Å². The molecule has 0 aliphatic heterocycles. The molecule has 0 spiro atoms. The molecule has 0 aliphatic carbocycles. The molecule has 0 amide bonds. The summed E-state index contributed by atoms with van der Waals surface area (Å²) in [6.07, 6.45) is 11.7. The van der Waals surface area contributed by atoms with Crippen LogP contribution in [0, 0.1) is 0 Å². The number of H-pyrrole nitrogens is 2. The van der Waals surface area contributed by atoms with Crippen molar-refractivity contribution in [3.05, 3.63) is 84.3 Å². The van der Waals surface area contributed by atoms with Crippen molar-refractivity contribution in [3.63, 3.8) is 0 Å². The monoisotopic (exact) mass is 466 g/mol. The molecule has 5 aromatic rings. The summed E-state index contributed by atoms with van der Waals surface area (Å²) < 4.78 is 0. The first-order chi connectivity index (χ1) is 16.6. The number of thiophene rings is 1. The molecule has 34 heavy (non-hydrogen) atoms. The van der Waals surface area contributed by atoms with E-state index >= 15 is 0 Å². The number of hydrogen-bond donors (Lipinski definition) is 3. The van der Waals surface area contributed by atoms with Gasteiger partial charge >= 0.3 is 0 Å². The Morgan fingerprint density at radius 3 is 2.79 bits per heavy atom. The van der Waals surface area contributed by atoms with E-state index in [1.807, 2.05) is 31.6 Å². The molecule has 0 atom stereocenters. The number of nitrogens with one attached hydrogen (secondary N) is 3. The predicted octanol–water partition coefficient (Wildman–Crippen LogP) is 6.70. The Morgan fingerprint density at radius 1 is 1.18 bits per heavy atom. The number of aromatic nitrogens is 5. The second kappa shape index (κ2) is 9.11. The molecule has 170 valence electrons.